The highest BCUT2D eigenvalue weighted by Gasteiger charge is 2.12. The number of halogens is 1. The summed E-state index contributed by atoms with van der Waals surface area (Å²) in [5, 5.41) is 9.02. The lowest BCUT2D eigenvalue weighted by Crippen LogP contribution is -2.06. The number of nitrogens with zero attached hydrogens (tertiary/aromatic N) is 1. The van der Waals surface area contributed by atoms with Gasteiger partial charge in [-0.25, -0.2) is 9.18 Å². The van der Waals surface area contributed by atoms with Gasteiger partial charge in [0.15, 0.2) is 0 Å². The van der Waals surface area contributed by atoms with Gasteiger partial charge in [0.2, 0.25) is 0 Å². The third kappa shape index (κ3) is 3.07. The smallest absolute Gasteiger partial charge is 0.336 e. The molecule has 2 rings (SSSR count). The average Bonchev–Trinajstić information content (AvgIpc) is 2.37. The Morgan fingerprint density at radius 2 is 2.21 bits per heavy atom. The number of hydrogen-bond donors (Lipinski definition) is 1. The molecule has 19 heavy (non-hydrogen) atoms. The molecule has 0 spiro atoms. The average molecular weight is 261 g/mol. The largest absolute Gasteiger partial charge is 0.487 e. The van der Waals surface area contributed by atoms with Gasteiger partial charge in [0.05, 0.1) is 11.3 Å². The lowest BCUT2D eigenvalue weighted by atomic mass is 10.1. The Kier molecular flexibility index (Phi) is 3.75. The van der Waals surface area contributed by atoms with E-state index in [-0.39, 0.29) is 17.7 Å². The monoisotopic (exact) mass is 261 g/mol. The summed E-state index contributed by atoms with van der Waals surface area (Å²) in [7, 11) is 0. The van der Waals surface area contributed by atoms with Crippen LogP contribution in [0, 0.1) is 12.7 Å². The highest BCUT2D eigenvalue weighted by atomic mass is 19.1. The number of carbonyl (C=O) groups is 1. The van der Waals surface area contributed by atoms with E-state index < -0.39 is 11.8 Å². The van der Waals surface area contributed by atoms with Crippen molar-refractivity contribution in [2.75, 3.05) is 0 Å². The third-order valence-electron chi connectivity index (χ3n) is 2.64. The fraction of sp³-hybridized carbons (Fsp3) is 0.143. The molecule has 0 saturated carbocycles. The Morgan fingerprint density at radius 1 is 1.42 bits per heavy atom. The fourth-order valence-electron chi connectivity index (χ4n) is 1.67. The van der Waals surface area contributed by atoms with Crippen molar-refractivity contribution >= 4 is 5.97 Å². The van der Waals surface area contributed by atoms with Crippen molar-refractivity contribution in [1.82, 2.24) is 4.98 Å². The predicted molar refractivity (Wildman–Crippen MR) is 66.7 cm³/mol. The van der Waals surface area contributed by atoms with E-state index in [1.54, 1.807) is 25.3 Å². The molecule has 0 amide bonds. The van der Waals surface area contributed by atoms with Crippen LogP contribution in [-0.4, -0.2) is 16.1 Å². The minimum atomic E-state index is -1.11. The predicted octanol–water partition coefficient (Wildman–Crippen LogP) is 2.81. The molecule has 98 valence electrons. The van der Waals surface area contributed by atoms with E-state index in [2.05, 4.69) is 4.98 Å². The minimum absolute atomic E-state index is 0.0219. The Labute approximate surface area is 109 Å². The van der Waals surface area contributed by atoms with Crippen LogP contribution in [0.5, 0.6) is 5.75 Å². The maximum Gasteiger partial charge on any atom is 0.336 e. The number of aromatic carboxylic acids is 1. The molecule has 5 heteroatoms. The van der Waals surface area contributed by atoms with Crippen LogP contribution in [0.15, 0.2) is 36.5 Å². The number of carboxylic acids is 1. The molecule has 1 heterocycles. The second-order valence-corrected chi connectivity index (χ2v) is 3.98. The third-order valence-corrected chi connectivity index (χ3v) is 2.64. The highest BCUT2D eigenvalue weighted by molar-refractivity contribution is 5.89. The Bertz CT molecular complexity index is 613. The van der Waals surface area contributed by atoms with E-state index in [9.17, 15) is 9.18 Å². The molecule has 1 N–H and O–H groups in total. The first-order valence-electron chi connectivity index (χ1n) is 5.64. The molecule has 0 saturated heterocycles. The zero-order chi connectivity index (χ0) is 13.8. The van der Waals surface area contributed by atoms with Gasteiger partial charge >= 0.3 is 5.97 Å². The number of hydrogen-bond acceptors (Lipinski definition) is 3. The molecular weight excluding hydrogens is 249 g/mol. The Hall–Kier alpha value is -2.43. The molecule has 0 aliphatic rings. The number of benzene rings is 1. The van der Waals surface area contributed by atoms with Crippen LogP contribution in [0.2, 0.25) is 0 Å². The van der Waals surface area contributed by atoms with Gasteiger partial charge < -0.3 is 9.84 Å². The van der Waals surface area contributed by atoms with Crippen molar-refractivity contribution < 1.29 is 19.0 Å². The summed E-state index contributed by atoms with van der Waals surface area (Å²) in [6.07, 6.45) is 1.63. The fourth-order valence-corrected chi connectivity index (χ4v) is 1.67. The second-order valence-electron chi connectivity index (χ2n) is 3.98. The van der Waals surface area contributed by atoms with Gasteiger partial charge in [0.25, 0.3) is 0 Å². The maximum atomic E-state index is 13.2. The van der Waals surface area contributed by atoms with Crippen LogP contribution in [0.4, 0.5) is 4.39 Å². The number of rotatable bonds is 4. The summed E-state index contributed by atoms with van der Waals surface area (Å²) in [4.78, 5) is 15.1. The van der Waals surface area contributed by atoms with Gasteiger partial charge in [-0.3, -0.25) is 4.98 Å². The van der Waals surface area contributed by atoms with E-state index in [4.69, 9.17) is 9.84 Å². The van der Waals surface area contributed by atoms with E-state index >= 15 is 0 Å². The van der Waals surface area contributed by atoms with Crippen molar-refractivity contribution in [1.29, 1.82) is 0 Å². The topological polar surface area (TPSA) is 59.4 Å². The summed E-state index contributed by atoms with van der Waals surface area (Å²) in [6.45, 7) is 1.75. The van der Waals surface area contributed by atoms with E-state index in [0.717, 1.165) is 12.1 Å². The minimum Gasteiger partial charge on any atom is -0.487 e. The molecule has 1 aromatic carbocycles. The molecule has 0 bridgehead atoms. The molecule has 0 radical (unpaired) electrons. The first kappa shape index (κ1) is 13.0. The number of aromatic nitrogens is 1. The molecular formula is C14H12FNO3. The summed E-state index contributed by atoms with van der Waals surface area (Å²) in [5.74, 6) is -1.06. The molecule has 2 aromatic rings. The van der Waals surface area contributed by atoms with Crippen LogP contribution in [0.25, 0.3) is 0 Å². The van der Waals surface area contributed by atoms with E-state index in [0.29, 0.717) is 11.4 Å². The van der Waals surface area contributed by atoms with Gasteiger partial charge in [0, 0.05) is 11.8 Å². The Balaban J connectivity index is 2.22. The van der Waals surface area contributed by atoms with Crippen molar-refractivity contribution in [3.05, 3.63) is 59.2 Å². The van der Waals surface area contributed by atoms with Crippen molar-refractivity contribution in [2.24, 2.45) is 0 Å². The van der Waals surface area contributed by atoms with Gasteiger partial charge in [-0.05, 0) is 37.3 Å². The first-order valence-corrected chi connectivity index (χ1v) is 5.64. The zero-order valence-electron chi connectivity index (χ0n) is 10.3. The zero-order valence-corrected chi connectivity index (χ0v) is 10.3. The van der Waals surface area contributed by atoms with Crippen molar-refractivity contribution in [2.45, 2.75) is 13.5 Å². The molecule has 0 aliphatic carbocycles. The van der Waals surface area contributed by atoms with Gasteiger partial charge in [0.1, 0.15) is 18.2 Å². The van der Waals surface area contributed by atoms with Crippen LogP contribution in [0.1, 0.15) is 21.6 Å². The Morgan fingerprint density at radius 3 is 2.89 bits per heavy atom. The molecule has 0 atom stereocenters. The van der Waals surface area contributed by atoms with Crippen LogP contribution in [0.3, 0.4) is 0 Å². The SMILES string of the molecule is Cc1ncccc1OCc1cc(F)ccc1C(=O)O. The molecule has 0 aliphatic heterocycles. The number of aryl methyl sites for hydroxylation is 1. The summed E-state index contributed by atoms with van der Waals surface area (Å²) in [6, 6.07) is 6.94. The normalized spacial score (nSPS) is 10.2. The molecule has 0 fully saturated rings. The number of carboxylic acid groups (broad SMARTS) is 1. The van der Waals surface area contributed by atoms with Crippen LogP contribution >= 0.6 is 0 Å². The standard InChI is InChI=1S/C14H12FNO3/c1-9-13(3-2-6-16-9)19-8-10-7-11(15)4-5-12(10)14(17)18/h2-7H,8H2,1H3,(H,17,18). The van der Waals surface area contributed by atoms with Crippen molar-refractivity contribution in [3.8, 4) is 5.75 Å². The molecule has 4 nitrogen and oxygen atoms in total. The first-order chi connectivity index (χ1) is 9.08. The van der Waals surface area contributed by atoms with Crippen LogP contribution < -0.4 is 4.74 Å². The summed E-state index contributed by atoms with van der Waals surface area (Å²) in [5.41, 5.74) is 1.01. The van der Waals surface area contributed by atoms with Gasteiger partial charge in [-0.15, -0.1) is 0 Å². The summed E-state index contributed by atoms with van der Waals surface area (Å²) >= 11 is 0. The van der Waals surface area contributed by atoms with Gasteiger partial charge in [-0.1, -0.05) is 0 Å². The number of ether oxygens (including phenoxy) is 1. The van der Waals surface area contributed by atoms with E-state index in [1.807, 2.05) is 0 Å². The van der Waals surface area contributed by atoms with E-state index in [1.165, 1.54) is 6.07 Å². The highest BCUT2D eigenvalue weighted by Crippen LogP contribution is 2.18. The second kappa shape index (κ2) is 5.48. The summed E-state index contributed by atoms with van der Waals surface area (Å²) < 4.78 is 18.6. The van der Waals surface area contributed by atoms with Crippen LogP contribution in [-0.2, 0) is 6.61 Å². The van der Waals surface area contributed by atoms with Gasteiger partial charge in [-0.2, -0.15) is 0 Å². The lowest BCUT2D eigenvalue weighted by molar-refractivity contribution is 0.0694. The lowest BCUT2D eigenvalue weighted by Gasteiger charge is -2.10. The quantitative estimate of drug-likeness (QED) is 0.919. The van der Waals surface area contributed by atoms with Crippen molar-refractivity contribution in [3.63, 3.8) is 0 Å². The maximum absolute atomic E-state index is 13.2. The molecule has 1 aromatic heterocycles. The number of pyridine rings is 1. The molecule has 0 unspecified atom stereocenters.